The summed E-state index contributed by atoms with van der Waals surface area (Å²) < 4.78 is 27.6. The van der Waals surface area contributed by atoms with Gasteiger partial charge in [0.05, 0.1) is 11.9 Å². The van der Waals surface area contributed by atoms with Crippen molar-refractivity contribution in [2.45, 2.75) is 33.3 Å². The van der Waals surface area contributed by atoms with E-state index in [4.69, 9.17) is 4.74 Å². The maximum Gasteiger partial charge on any atom is 0.151 e. The van der Waals surface area contributed by atoms with Crippen LogP contribution in [0.5, 0.6) is 0 Å². The van der Waals surface area contributed by atoms with Gasteiger partial charge < -0.3 is 10.1 Å². The molecule has 15 heavy (non-hydrogen) atoms. The predicted molar refractivity (Wildman–Crippen MR) is 62.9 cm³/mol. The fourth-order valence-corrected chi connectivity index (χ4v) is 1.76. The quantitative estimate of drug-likeness (QED) is 0.603. The molecule has 0 aromatic carbocycles. The molecule has 1 N–H and O–H groups in total. The number of ether oxygens (including phenoxy) is 1. The van der Waals surface area contributed by atoms with E-state index < -0.39 is 9.84 Å². The van der Waals surface area contributed by atoms with Crippen molar-refractivity contribution < 1.29 is 13.2 Å². The van der Waals surface area contributed by atoms with E-state index in [0.29, 0.717) is 6.54 Å². The Morgan fingerprint density at radius 2 is 1.93 bits per heavy atom. The second kappa shape index (κ2) is 8.07. The molecule has 0 heterocycles. The van der Waals surface area contributed by atoms with Crippen LogP contribution < -0.4 is 5.32 Å². The third-order valence-electron chi connectivity index (χ3n) is 1.98. The molecular formula is C10H23NO3S. The average Bonchev–Trinajstić information content (AvgIpc) is 2.16. The van der Waals surface area contributed by atoms with Crippen LogP contribution in [0.15, 0.2) is 0 Å². The summed E-state index contributed by atoms with van der Waals surface area (Å²) in [5.41, 5.74) is 0. The van der Waals surface area contributed by atoms with Gasteiger partial charge in [0.1, 0.15) is 0 Å². The summed E-state index contributed by atoms with van der Waals surface area (Å²) >= 11 is 0. The molecule has 0 saturated carbocycles. The Balaban J connectivity index is 3.26. The zero-order valence-electron chi connectivity index (χ0n) is 9.95. The van der Waals surface area contributed by atoms with Gasteiger partial charge in [-0.1, -0.05) is 6.92 Å². The van der Waals surface area contributed by atoms with Crippen LogP contribution in [0.1, 0.15) is 27.2 Å². The van der Waals surface area contributed by atoms with Crippen LogP contribution in [-0.4, -0.2) is 45.7 Å². The normalized spacial score (nSPS) is 12.3. The van der Waals surface area contributed by atoms with Gasteiger partial charge in [0.15, 0.2) is 9.84 Å². The molecule has 0 spiro atoms. The van der Waals surface area contributed by atoms with Crippen LogP contribution in [0.3, 0.4) is 0 Å². The lowest BCUT2D eigenvalue weighted by atomic mass is 10.4. The predicted octanol–water partition coefficient (Wildman–Crippen LogP) is 0.826. The molecule has 0 fully saturated rings. The second-order valence-electron chi connectivity index (χ2n) is 3.76. The summed E-state index contributed by atoms with van der Waals surface area (Å²) in [6, 6.07) is 0. The molecule has 0 saturated heterocycles. The zero-order valence-corrected chi connectivity index (χ0v) is 10.8. The van der Waals surface area contributed by atoms with E-state index in [1.54, 1.807) is 6.92 Å². The minimum Gasteiger partial charge on any atom is -0.379 e. The van der Waals surface area contributed by atoms with Crippen LogP contribution in [0.2, 0.25) is 0 Å². The Bertz CT molecular complexity index is 237. The second-order valence-corrected chi connectivity index (χ2v) is 6.23. The van der Waals surface area contributed by atoms with E-state index >= 15 is 0 Å². The van der Waals surface area contributed by atoms with Gasteiger partial charge in [0.2, 0.25) is 0 Å². The number of sulfone groups is 1. The molecule has 5 heteroatoms. The lowest BCUT2D eigenvalue weighted by Gasteiger charge is -2.08. The van der Waals surface area contributed by atoms with Crippen LogP contribution in [0.25, 0.3) is 0 Å². The molecule has 92 valence electrons. The molecule has 4 nitrogen and oxygen atoms in total. The van der Waals surface area contributed by atoms with E-state index in [1.165, 1.54) is 0 Å². The van der Waals surface area contributed by atoms with Gasteiger partial charge >= 0.3 is 0 Å². The monoisotopic (exact) mass is 237 g/mol. The molecule has 0 atom stereocenters. The zero-order chi connectivity index (χ0) is 11.7. The van der Waals surface area contributed by atoms with Crippen LogP contribution >= 0.6 is 0 Å². The molecule has 0 amide bonds. The Hall–Kier alpha value is -0.130. The third kappa shape index (κ3) is 10.2. The van der Waals surface area contributed by atoms with Crippen molar-refractivity contribution in [2.24, 2.45) is 0 Å². The molecular weight excluding hydrogens is 214 g/mol. The number of rotatable bonds is 9. The lowest BCUT2D eigenvalue weighted by molar-refractivity contribution is 0.0772. The van der Waals surface area contributed by atoms with Gasteiger partial charge in [-0.15, -0.1) is 0 Å². The molecule has 0 bridgehead atoms. The molecule has 0 aliphatic heterocycles. The van der Waals surface area contributed by atoms with Gasteiger partial charge in [-0.05, 0) is 26.8 Å². The lowest BCUT2D eigenvalue weighted by Crippen LogP contribution is -2.25. The first-order valence-corrected chi connectivity index (χ1v) is 7.33. The van der Waals surface area contributed by atoms with E-state index in [0.717, 1.165) is 19.6 Å². The van der Waals surface area contributed by atoms with Crippen LogP contribution in [-0.2, 0) is 14.6 Å². The molecule has 0 aliphatic rings. The Morgan fingerprint density at radius 1 is 1.27 bits per heavy atom. The van der Waals surface area contributed by atoms with Crippen LogP contribution in [0.4, 0.5) is 0 Å². The van der Waals surface area contributed by atoms with Crippen LogP contribution in [0, 0.1) is 0 Å². The fraction of sp³-hybridized carbons (Fsp3) is 1.00. The molecule has 0 aromatic heterocycles. The maximum atomic E-state index is 11.1. The Kier molecular flexibility index (Phi) is 8.00. The van der Waals surface area contributed by atoms with E-state index in [2.05, 4.69) is 5.32 Å². The summed E-state index contributed by atoms with van der Waals surface area (Å²) in [6.45, 7) is 7.75. The topological polar surface area (TPSA) is 55.4 Å². The van der Waals surface area contributed by atoms with Gasteiger partial charge in [0.25, 0.3) is 0 Å². The van der Waals surface area contributed by atoms with Gasteiger partial charge in [0, 0.05) is 18.9 Å². The largest absolute Gasteiger partial charge is 0.379 e. The van der Waals surface area contributed by atoms with E-state index in [9.17, 15) is 8.42 Å². The maximum absolute atomic E-state index is 11.1. The number of hydrogen-bond donors (Lipinski definition) is 1. The molecule has 0 aromatic rings. The number of hydrogen-bond acceptors (Lipinski definition) is 4. The SMILES string of the molecule is CCS(=O)(=O)CCNCCCOC(C)C. The number of nitrogens with one attached hydrogen (secondary N) is 1. The highest BCUT2D eigenvalue weighted by Gasteiger charge is 2.05. The molecule has 0 rings (SSSR count). The third-order valence-corrected chi connectivity index (χ3v) is 3.68. The highest BCUT2D eigenvalue weighted by molar-refractivity contribution is 7.91. The molecule has 0 aliphatic carbocycles. The van der Waals surface area contributed by atoms with Gasteiger partial charge in [-0.3, -0.25) is 0 Å². The van der Waals surface area contributed by atoms with Crippen molar-refractivity contribution in [3.8, 4) is 0 Å². The first-order chi connectivity index (χ1) is 6.98. The standard InChI is InChI=1S/C10H23NO3S/c1-4-15(12,13)9-7-11-6-5-8-14-10(2)3/h10-11H,4-9H2,1-3H3. The minimum atomic E-state index is -2.82. The van der Waals surface area contributed by atoms with Gasteiger partial charge in [-0.2, -0.15) is 0 Å². The Labute approximate surface area is 93.3 Å². The summed E-state index contributed by atoms with van der Waals surface area (Å²) in [5.74, 6) is 0.458. The Morgan fingerprint density at radius 3 is 2.47 bits per heavy atom. The van der Waals surface area contributed by atoms with Crippen molar-refractivity contribution in [1.29, 1.82) is 0 Å². The summed E-state index contributed by atoms with van der Waals surface area (Å²) in [6.07, 6.45) is 1.19. The average molecular weight is 237 g/mol. The van der Waals surface area contributed by atoms with Crippen molar-refractivity contribution in [3.05, 3.63) is 0 Å². The van der Waals surface area contributed by atoms with Crippen molar-refractivity contribution in [3.63, 3.8) is 0 Å². The minimum absolute atomic E-state index is 0.227. The van der Waals surface area contributed by atoms with Crippen molar-refractivity contribution in [1.82, 2.24) is 5.32 Å². The van der Waals surface area contributed by atoms with E-state index in [1.807, 2.05) is 13.8 Å². The van der Waals surface area contributed by atoms with Crippen molar-refractivity contribution >= 4 is 9.84 Å². The summed E-state index contributed by atoms with van der Waals surface area (Å²) in [4.78, 5) is 0. The highest BCUT2D eigenvalue weighted by Crippen LogP contribution is 1.90. The fourth-order valence-electron chi connectivity index (χ4n) is 1.01. The highest BCUT2D eigenvalue weighted by atomic mass is 32.2. The molecule has 0 unspecified atom stereocenters. The summed E-state index contributed by atoms with van der Waals surface area (Å²) in [7, 11) is -2.82. The summed E-state index contributed by atoms with van der Waals surface area (Å²) in [5, 5.41) is 3.09. The molecule has 0 radical (unpaired) electrons. The first-order valence-electron chi connectivity index (χ1n) is 5.50. The van der Waals surface area contributed by atoms with Crippen molar-refractivity contribution in [2.75, 3.05) is 31.2 Å². The first kappa shape index (κ1) is 14.9. The van der Waals surface area contributed by atoms with E-state index in [-0.39, 0.29) is 17.6 Å². The van der Waals surface area contributed by atoms with Gasteiger partial charge in [-0.25, -0.2) is 8.42 Å². The smallest absolute Gasteiger partial charge is 0.151 e.